The number of hydrogen-bond donors (Lipinski definition) is 2. The summed E-state index contributed by atoms with van der Waals surface area (Å²) in [5.41, 5.74) is 3.90. The Balaban J connectivity index is 1.35. The third kappa shape index (κ3) is 6.69. The van der Waals surface area contributed by atoms with E-state index in [2.05, 4.69) is 17.2 Å². The fourth-order valence-corrected chi connectivity index (χ4v) is 5.35. The number of likely N-dealkylation sites (tertiary alicyclic amines) is 1. The van der Waals surface area contributed by atoms with Crippen molar-refractivity contribution in [2.24, 2.45) is 5.92 Å². The summed E-state index contributed by atoms with van der Waals surface area (Å²) in [7, 11) is 0. The SMILES string of the molecule is CCSN(O)NC(=O)c1cc(C2CC2)c(OCC2CCN(C(C)c3ccc(F)cc3Cl)CC2)cc1F. The number of halogens is 3. The molecule has 1 saturated carbocycles. The molecule has 1 aliphatic heterocycles. The zero-order valence-electron chi connectivity index (χ0n) is 20.5. The van der Waals surface area contributed by atoms with Gasteiger partial charge in [-0.05, 0) is 103 Å². The van der Waals surface area contributed by atoms with Gasteiger partial charge in [0.05, 0.1) is 12.2 Å². The number of carbonyl (C=O) groups excluding carboxylic acids is 1. The molecule has 1 atom stereocenters. The zero-order valence-corrected chi connectivity index (χ0v) is 22.0. The summed E-state index contributed by atoms with van der Waals surface area (Å²) < 4.78 is 35.0. The molecule has 2 aromatic rings. The Hall–Kier alpha value is -1.91. The van der Waals surface area contributed by atoms with E-state index < -0.39 is 11.7 Å². The normalized spacial score (nSPS) is 17.9. The molecule has 1 unspecified atom stereocenters. The van der Waals surface area contributed by atoms with Crippen molar-refractivity contribution < 1.29 is 23.5 Å². The number of rotatable bonds is 10. The number of benzene rings is 2. The second-order valence-corrected chi connectivity index (χ2v) is 11.0. The Morgan fingerprint density at radius 3 is 2.61 bits per heavy atom. The van der Waals surface area contributed by atoms with Crippen LogP contribution >= 0.6 is 23.5 Å². The fraction of sp³-hybridized carbons (Fsp3) is 0.500. The van der Waals surface area contributed by atoms with Crippen molar-refractivity contribution in [3.05, 3.63) is 63.7 Å². The Morgan fingerprint density at radius 1 is 1.25 bits per heavy atom. The zero-order chi connectivity index (χ0) is 25.8. The third-order valence-electron chi connectivity index (χ3n) is 6.89. The highest BCUT2D eigenvalue weighted by molar-refractivity contribution is 7.96. The van der Waals surface area contributed by atoms with E-state index in [0.717, 1.165) is 61.8 Å². The number of ether oxygens (including phenoxy) is 1. The quantitative estimate of drug-likeness (QED) is 0.271. The van der Waals surface area contributed by atoms with Crippen LogP contribution in [0.1, 0.15) is 73.0 Å². The summed E-state index contributed by atoms with van der Waals surface area (Å²) in [5, 5.41) is 10.1. The lowest BCUT2D eigenvalue weighted by atomic mass is 9.95. The summed E-state index contributed by atoms with van der Waals surface area (Å²) in [6, 6.07) is 7.47. The second kappa shape index (κ2) is 12.1. The Bertz CT molecular complexity index is 1080. The molecule has 4 rings (SSSR count). The van der Waals surface area contributed by atoms with Crippen LogP contribution in [0.15, 0.2) is 30.3 Å². The molecule has 6 nitrogen and oxygen atoms in total. The molecule has 0 aromatic heterocycles. The molecule has 1 aliphatic carbocycles. The molecule has 1 heterocycles. The van der Waals surface area contributed by atoms with E-state index in [1.54, 1.807) is 12.1 Å². The Labute approximate surface area is 220 Å². The van der Waals surface area contributed by atoms with Crippen molar-refractivity contribution in [2.45, 2.75) is 51.5 Å². The molecule has 2 N–H and O–H groups in total. The van der Waals surface area contributed by atoms with Crippen molar-refractivity contribution in [1.82, 2.24) is 14.9 Å². The van der Waals surface area contributed by atoms with Gasteiger partial charge in [-0.3, -0.25) is 20.3 Å². The molecule has 0 bridgehead atoms. The minimum atomic E-state index is -0.702. The average Bonchev–Trinajstić information content (AvgIpc) is 3.68. The minimum Gasteiger partial charge on any atom is -0.493 e. The predicted octanol–water partition coefficient (Wildman–Crippen LogP) is 6.35. The van der Waals surface area contributed by atoms with E-state index in [-0.39, 0.29) is 23.3 Å². The molecule has 2 aromatic carbocycles. The average molecular weight is 540 g/mol. The van der Waals surface area contributed by atoms with Crippen molar-refractivity contribution in [3.8, 4) is 5.75 Å². The minimum absolute atomic E-state index is 0.0831. The predicted molar refractivity (Wildman–Crippen MR) is 137 cm³/mol. The van der Waals surface area contributed by atoms with Crippen molar-refractivity contribution in [1.29, 1.82) is 0 Å². The number of hydrogen-bond acceptors (Lipinski definition) is 6. The fourth-order valence-electron chi connectivity index (χ4n) is 4.64. The lowest BCUT2D eigenvalue weighted by molar-refractivity contribution is -0.0246. The van der Waals surface area contributed by atoms with Crippen LogP contribution in [0.25, 0.3) is 0 Å². The molecule has 0 spiro atoms. The summed E-state index contributed by atoms with van der Waals surface area (Å²) in [6.07, 6.45) is 3.80. The molecule has 2 aliphatic rings. The molecule has 1 saturated heterocycles. The number of carbonyl (C=O) groups is 1. The van der Waals surface area contributed by atoms with Crippen molar-refractivity contribution >= 4 is 29.5 Å². The van der Waals surface area contributed by atoms with Gasteiger partial charge in [-0.2, -0.15) is 0 Å². The maximum absolute atomic E-state index is 14.8. The highest BCUT2D eigenvalue weighted by Crippen LogP contribution is 2.45. The maximum atomic E-state index is 14.8. The van der Waals surface area contributed by atoms with Crippen LogP contribution in [0.4, 0.5) is 8.78 Å². The maximum Gasteiger partial charge on any atom is 0.271 e. The first-order valence-electron chi connectivity index (χ1n) is 12.3. The smallest absolute Gasteiger partial charge is 0.271 e. The molecular formula is C26H32ClF2N3O3S. The number of piperidine rings is 1. The summed E-state index contributed by atoms with van der Waals surface area (Å²) in [5.74, 6) is -0.0990. The first-order chi connectivity index (χ1) is 17.3. The molecule has 196 valence electrons. The number of amides is 1. The van der Waals surface area contributed by atoms with E-state index in [1.165, 1.54) is 18.2 Å². The van der Waals surface area contributed by atoms with Gasteiger partial charge < -0.3 is 4.74 Å². The number of hydrazine groups is 1. The topological polar surface area (TPSA) is 65.0 Å². The van der Waals surface area contributed by atoms with Gasteiger partial charge >= 0.3 is 0 Å². The highest BCUT2D eigenvalue weighted by atomic mass is 35.5. The molecule has 36 heavy (non-hydrogen) atoms. The van der Waals surface area contributed by atoms with Gasteiger partial charge in [0.25, 0.3) is 5.91 Å². The van der Waals surface area contributed by atoms with E-state index in [9.17, 15) is 18.8 Å². The van der Waals surface area contributed by atoms with Crippen LogP contribution in [0.2, 0.25) is 5.02 Å². The van der Waals surface area contributed by atoms with Crippen LogP contribution in [0.3, 0.4) is 0 Å². The third-order valence-corrected chi connectivity index (χ3v) is 7.82. The summed E-state index contributed by atoms with van der Waals surface area (Å²) in [6.45, 7) is 6.10. The van der Waals surface area contributed by atoms with Crippen LogP contribution in [0, 0.1) is 17.6 Å². The van der Waals surface area contributed by atoms with Gasteiger partial charge in [-0.1, -0.05) is 24.6 Å². The van der Waals surface area contributed by atoms with E-state index >= 15 is 0 Å². The molecule has 1 amide bonds. The van der Waals surface area contributed by atoms with Crippen molar-refractivity contribution in [2.75, 3.05) is 25.4 Å². The van der Waals surface area contributed by atoms with Crippen molar-refractivity contribution in [3.63, 3.8) is 0 Å². The standard InChI is InChI=1S/C26H32ClF2N3O3S/c1-3-36-32(34)30-26(33)22-13-21(18-4-5-18)25(14-24(22)29)35-15-17-8-10-31(11-9-17)16(2)20-7-6-19(28)12-23(20)27/h6-7,12-14,16-18,34H,3-5,8-11,15H2,1-2H3,(H,30,33). The van der Waals surface area contributed by atoms with Gasteiger partial charge in [-0.15, -0.1) is 0 Å². The van der Waals surface area contributed by atoms with Crippen LogP contribution < -0.4 is 10.2 Å². The molecule has 2 fully saturated rings. The summed E-state index contributed by atoms with van der Waals surface area (Å²) in [4.78, 5) is 14.8. The lowest BCUT2D eigenvalue weighted by Gasteiger charge is -2.36. The summed E-state index contributed by atoms with van der Waals surface area (Å²) >= 11 is 7.26. The van der Waals surface area contributed by atoms with Gasteiger partial charge in [0.2, 0.25) is 0 Å². The molecule has 0 radical (unpaired) electrons. The molecule has 10 heteroatoms. The van der Waals surface area contributed by atoms with Crippen LogP contribution in [-0.2, 0) is 0 Å². The number of nitrogens with one attached hydrogen (secondary N) is 1. The van der Waals surface area contributed by atoms with E-state index in [0.29, 0.717) is 33.6 Å². The first-order valence-corrected chi connectivity index (χ1v) is 13.7. The monoisotopic (exact) mass is 539 g/mol. The van der Waals surface area contributed by atoms with Gasteiger partial charge in [0.1, 0.15) is 17.4 Å². The van der Waals surface area contributed by atoms with Gasteiger partial charge in [0, 0.05) is 22.9 Å². The second-order valence-electron chi connectivity index (χ2n) is 9.41. The largest absolute Gasteiger partial charge is 0.493 e. The van der Waals surface area contributed by atoms with Crippen LogP contribution in [0.5, 0.6) is 5.75 Å². The lowest BCUT2D eigenvalue weighted by Crippen LogP contribution is -2.37. The van der Waals surface area contributed by atoms with E-state index in [1.807, 2.05) is 6.92 Å². The number of nitrogens with zero attached hydrogens (tertiary/aromatic N) is 2. The molecular weight excluding hydrogens is 508 g/mol. The van der Waals surface area contributed by atoms with Gasteiger partial charge in [0.15, 0.2) is 0 Å². The van der Waals surface area contributed by atoms with E-state index in [4.69, 9.17) is 16.3 Å². The Morgan fingerprint density at radius 2 is 1.97 bits per heavy atom. The van der Waals surface area contributed by atoms with Crippen LogP contribution in [-0.4, -0.2) is 46.0 Å². The van der Waals surface area contributed by atoms with Gasteiger partial charge in [-0.25, -0.2) is 8.78 Å². The Kier molecular flexibility index (Phi) is 9.11. The highest BCUT2D eigenvalue weighted by Gasteiger charge is 2.31. The first kappa shape index (κ1) is 27.1.